The van der Waals surface area contributed by atoms with Crippen molar-refractivity contribution >= 4 is 5.97 Å². The van der Waals surface area contributed by atoms with Gasteiger partial charge >= 0.3 is 12.1 Å². The SMILES string of the molecule is CCCC(=O)Oc1ccc(C(C)(C)C(F)(F)F)cc1. The number of ether oxygens (including phenoxy) is 1. The Kier molecular flexibility index (Phi) is 4.61. The summed E-state index contributed by atoms with van der Waals surface area (Å²) >= 11 is 0. The number of esters is 1. The molecule has 0 aliphatic rings. The van der Waals surface area contributed by atoms with E-state index in [9.17, 15) is 18.0 Å². The van der Waals surface area contributed by atoms with Crippen LogP contribution in [0.3, 0.4) is 0 Å². The van der Waals surface area contributed by atoms with E-state index in [2.05, 4.69) is 0 Å². The maximum atomic E-state index is 12.8. The van der Waals surface area contributed by atoms with Gasteiger partial charge in [-0.3, -0.25) is 4.79 Å². The van der Waals surface area contributed by atoms with E-state index in [0.717, 1.165) is 13.8 Å². The molecule has 0 unspecified atom stereocenters. The van der Waals surface area contributed by atoms with Crippen molar-refractivity contribution in [2.75, 3.05) is 0 Å². The van der Waals surface area contributed by atoms with E-state index in [0.29, 0.717) is 6.42 Å². The summed E-state index contributed by atoms with van der Waals surface area (Å²) in [7, 11) is 0. The Bertz CT molecular complexity index is 433. The second-order valence-corrected chi connectivity index (χ2v) is 4.87. The van der Waals surface area contributed by atoms with Gasteiger partial charge in [-0.05, 0) is 38.0 Å². The standard InChI is InChI=1S/C14H17F3O2/c1-4-5-12(18)19-11-8-6-10(7-9-11)13(2,3)14(15,16)17/h6-9H,4-5H2,1-3H3. The molecule has 1 aromatic carbocycles. The highest BCUT2D eigenvalue weighted by Gasteiger charge is 2.48. The number of benzene rings is 1. The Hall–Kier alpha value is -1.52. The smallest absolute Gasteiger partial charge is 0.397 e. The zero-order valence-corrected chi connectivity index (χ0v) is 11.2. The molecule has 1 rings (SSSR count). The molecule has 0 amide bonds. The lowest BCUT2D eigenvalue weighted by atomic mass is 9.84. The summed E-state index contributed by atoms with van der Waals surface area (Å²) in [6.45, 7) is 4.08. The van der Waals surface area contributed by atoms with Crippen molar-refractivity contribution in [1.29, 1.82) is 0 Å². The summed E-state index contributed by atoms with van der Waals surface area (Å²) in [5.74, 6) is -0.120. The largest absolute Gasteiger partial charge is 0.427 e. The summed E-state index contributed by atoms with van der Waals surface area (Å²) in [5, 5.41) is 0. The highest BCUT2D eigenvalue weighted by atomic mass is 19.4. The van der Waals surface area contributed by atoms with E-state index < -0.39 is 11.6 Å². The summed E-state index contributed by atoms with van der Waals surface area (Å²) < 4.78 is 43.5. The molecule has 0 aliphatic carbocycles. The molecule has 0 aromatic heterocycles. The van der Waals surface area contributed by atoms with Crippen LogP contribution in [0.4, 0.5) is 13.2 Å². The van der Waals surface area contributed by atoms with Crippen molar-refractivity contribution in [2.45, 2.75) is 45.2 Å². The minimum Gasteiger partial charge on any atom is -0.427 e. The molecule has 0 N–H and O–H groups in total. The van der Waals surface area contributed by atoms with Gasteiger partial charge in [0.2, 0.25) is 0 Å². The van der Waals surface area contributed by atoms with Crippen LogP contribution >= 0.6 is 0 Å². The molecule has 0 spiro atoms. The van der Waals surface area contributed by atoms with Gasteiger partial charge in [-0.1, -0.05) is 19.1 Å². The van der Waals surface area contributed by atoms with Crippen LogP contribution in [-0.2, 0) is 10.2 Å². The molecule has 0 fully saturated rings. The minimum atomic E-state index is -4.33. The fourth-order valence-corrected chi connectivity index (χ4v) is 1.49. The quantitative estimate of drug-likeness (QED) is 0.606. The minimum absolute atomic E-state index is 0.135. The molecule has 0 atom stereocenters. The fraction of sp³-hybridized carbons (Fsp3) is 0.500. The van der Waals surface area contributed by atoms with Crippen LogP contribution in [0, 0.1) is 0 Å². The predicted octanol–water partition coefficient (Wildman–Crippen LogP) is 4.23. The van der Waals surface area contributed by atoms with Crippen molar-refractivity contribution < 1.29 is 22.7 Å². The average molecular weight is 274 g/mol. The Morgan fingerprint density at radius 3 is 2.11 bits per heavy atom. The lowest BCUT2D eigenvalue weighted by molar-refractivity contribution is -0.180. The highest BCUT2D eigenvalue weighted by molar-refractivity contribution is 5.72. The van der Waals surface area contributed by atoms with Gasteiger partial charge in [-0.2, -0.15) is 13.2 Å². The molecule has 2 nitrogen and oxygen atoms in total. The molecule has 0 saturated carbocycles. The first kappa shape index (κ1) is 15.5. The fourth-order valence-electron chi connectivity index (χ4n) is 1.49. The van der Waals surface area contributed by atoms with Gasteiger partial charge in [0, 0.05) is 6.42 Å². The van der Waals surface area contributed by atoms with Crippen molar-refractivity contribution in [2.24, 2.45) is 0 Å². The zero-order valence-electron chi connectivity index (χ0n) is 11.2. The second-order valence-electron chi connectivity index (χ2n) is 4.87. The lowest BCUT2D eigenvalue weighted by Crippen LogP contribution is -2.36. The molecular weight excluding hydrogens is 257 g/mol. The van der Waals surface area contributed by atoms with Crippen LogP contribution < -0.4 is 4.74 Å². The van der Waals surface area contributed by atoms with Crippen molar-refractivity contribution in [3.8, 4) is 5.75 Å². The Labute approximate surface area is 110 Å². The number of alkyl halides is 3. The predicted molar refractivity (Wildman–Crippen MR) is 66.1 cm³/mol. The number of carbonyl (C=O) groups excluding carboxylic acids is 1. The van der Waals surface area contributed by atoms with Crippen molar-refractivity contribution in [1.82, 2.24) is 0 Å². The molecule has 19 heavy (non-hydrogen) atoms. The second kappa shape index (κ2) is 5.63. The number of hydrogen-bond acceptors (Lipinski definition) is 2. The number of rotatable bonds is 4. The highest BCUT2D eigenvalue weighted by Crippen LogP contribution is 2.40. The number of carbonyl (C=O) groups is 1. The molecule has 0 radical (unpaired) electrons. The number of halogens is 3. The van der Waals surface area contributed by atoms with E-state index in [1.54, 1.807) is 0 Å². The summed E-state index contributed by atoms with van der Waals surface area (Å²) in [4.78, 5) is 11.3. The molecule has 0 saturated heterocycles. The van der Waals surface area contributed by atoms with Gasteiger partial charge in [0.05, 0.1) is 5.41 Å². The molecule has 0 bridgehead atoms. The third-order valence-corrected chi connectivity index (χ3v) is 2.97. The van der Waals surface area contributed by atoms with Gasteiger partial charge in [0.15, 0.2) is 0 Å². The average Bonchev–Trinajstić information content (AvgIpc) is 2.28. The van der Waals surface area contributed by atoms with Crippen LogP contribution in [0.1, 0.15) is 39.2 Å². The summed E-state index contributed by atoms with van der Waals surface area (Å²) in [6, 6.07) is 5.44. The molecule has 106 valence electrons. The van der Waals surface area contributed by atoms with Gasteiger partial charge in [-0.15, -0.1) is 0 Å². The first-order valence-electron chi connectivity index (χ1n) is 6.06. The van der Waals surface area contributed by atoms with E-state index >= 15 is 0 Å². The first-order chi connectivity index (χ1) is 8.68. The number of hydrogen-bond donors (Lipinski definition) is 0. The maximum Gasteiger partial charge on any atom is 0.397 e. The first-order valence-corrected chi connectivity index (χ1v) is 6.06. The summed E-state index contributed by atoms with van der Waals surface area (Å²) in [5.41, 5.74) is -1.80. The van der Waals surface area contributed by atoms with Crippen LogP contribution in [0.15, 0.2) is 24.3 Å². The van der Waals surface area contributed by atoms with E-state index in [1.165, 1.54) is 24.3 Å². The monoisotopic (exact) mass is 274 g/mol. The van der Waals surface area contributed by atoms with Crippen molar-refractivity contribution in [3.63, 3.8) is 0 Å². The van der Waals surface area contributed by atoms with Crippen LogP contribution in [-0.4, -0.2) is 12.1 Å². The van der Waals surface area contributed by atoms with Crippen LogP contribution in [0.5, 0.6) is 5.75 Å². The van der Waals surface area contributed by atoms with Crippen LogP contribution in [0.2, 0.25) is 0 Å². The molecule has 0 aliphatic heterocycles. The Balaban J connectivity index is 2.85. The van der Waals surface area contributed by atoms with Gasteiger partial charge in [-0.25, -0.2) is 0 Å². The van der Waals surface area contributed by atoms with Gasteiger partial charge in [0.1, 0.15) is 5.75 Å². The zero-order chi connectivity index (χ0) is 14.7. The van der Waals surface area contributed by atoms with E-state index in [1.807, 2.05) is 6.92 Å². The molecule has 0 heterocycles. The Morgan fingerprint density at radius 2 is 1.68 bits per heavy atom. The normalized spacial score (nSPS) is 12.3. The molecule has 5 heteroatoms. The summed E-state index contributed by atoms with van der Waals surface area (Å²) in [6.07, 6.45) is -3.37. The maximum absolute atomic E-state index is 12.8. The van der Waals surface area contributed by atoms with Crippen molar-refractivity contribution in [3.05, 3.63) is 29.8 Å². The third-order valence-electron chi connectivity index (χ3n) is 2.97. The Morgan fingerprint density at radius 1 is 1.16 bits per heavy atom. The van der Waals surface area contributed by atoms with Gasteiger partial charge < -0.3 is 4.74 Å². The molecule has 1 aromatic rings. The lowest BCUT2D eigenvalue weighted by Gasteiger charge is -2.28. The van der Waals surface area contributed by atoms with E-state index in [-0.39, 0.29) is 23.7 Å². The topological polar surface area (TPSA) is 26.3 Å². The van der Waals surface area contributed by atoms with Gasteiger partial charge in [0.25, 0.3) is 0 Å². The van der Waals surface area contributed by atoms with E-state index in [4.69, 9.17) is 4.74 Å². The molecular formula is C14H17F3O2. The third kappa shape index (κ3) is 3.72. The van der Waals surface area contributed by atoms with Crippen LogP contribution in [0.25, 0.3) is 0 Å².